The molecule has 2 aromatic carbocycles. The lowest BCUT2D eigenvalue weighted by Gasteiger charge is -2.22. The largest absolute Gasteiger partial charge is 0.506 e. The van der Waals surface area contributed by atoms with E-state index in [4.69, 9.17) is 4.74 Å². The molecule has 0 amide bonds. The van der Waals surface area contributed by atoms with Crippen molar-refractivity contribution in [2.75, 3.05) is 28.6 Å². The van der Waals surface area contributed by atoms with Gasteiger partial charge in [0.15, 0.2) is 2.96 Å². The minimum Gasteiger partial charge on any atom is -0.506 e. The van der Waals surface area contributed by atoms with Crippen LogP contribution >= 0.6 is 32.8 Å². The number of fused-ring (bicyclic) bond motifs is 2. The molecule has 2 aromatic rings. The lowest BCUT2D eigenvalue weighted by atomic mass is 10.2. The molecule has 0 saturated carbocycles. The monoisotopic (exact) mass is 454 g/mol. The lowest BCUT2D eigenvalue weighted by molar-refractivity contribution is 0.322. The average Bonchev–Trinajstić information content (AvgIpc) is 2.60. The van der Waals surface area contributed by atoms with Crippen molar-refractivity contribution in [2.24, 2.45) is 10.2 Å². The van der Waals surface area contributed by atoms with Crippen molar-refractivity contribution in [1.29, 1.82) is 0 Å². The summed E-state index contributed by atoms with van der Waals surface area (Å²) in [7, 11) is 2.08. The SMILES string of the molecule is CN1I=C(N=Nc2cc3c(cc2O)NCCO3)Sc2ccccc21. The number of nitrogens with one attached hydrogen (secondary N) is 1. The summed E-state index contributed by atoms with van der Waals surface area (Å²) in [6, 6.07) is 11.6. The van der Waals surface area contributed by atoms with Crippen molar-refractivity contribution in [2.45, 2.75) is 4.90 Å². The van der Waals surface area contributed by atoms with Gasteiger partial charge in [0.2, 0.25) is 0 Å². The first-order valence-electron chi connectivity index (χ1n) is 7.39. The number of thioether (sulfide) groups is 1. The highest BCUT2D eigenvalue weighted by atomic mass is 127. The van der Waals surface area contributed by atoms with Gasteiger partial charge in [0.1, 0.15) is 23.8 Å². The summed E-state index contributed by atoms with van der Waals surface area (Å²) in [6.45, 7) is 1.34. The van der Waals surface area contributed by atoms with Gasteiger partial charge in [-0.2, -0.15) is 0 Å². The summed E-state index contributed by atoms with van der Waals surface area (Å²) in [4.78, 5) is 1.18. The third-order valence-electron chi connectivity index (χ3n) is 3.58. The maximum absolute atomic E-state index is 10.1. The fourth-order valence-corrected chi connectivity index (χ4v) is 6.56. The van der Waals surface area contributed by atoms with Crippen LogP contribution in [0, 0.1) is 0 Å². The molecule has 4 rings (SSSR count). The molecule has 0 bridgehead atoms. The number of halogens is 1. The predicted octanol–water partition coefficient (Wildman–Crippen LogP) is 4.50. The van der Waals surface area contributed by atoms with Crippen molar-refractivity contribution in [3.05, 3.63) is 36.4 Å². The van der Waals surface area contributed by atoms with E-state index in [2.05, 4.69) is 37.8 Å². The third-order valence-corrected chi connectivity index (χ3v) is 7.39. The molecule has 0 aliphatic carbocycles. The zero-order valence-corrected chi connectivity index (χ0v) is 15.8. The molecule has 24 heavy (non-hydrogen) atoms. The number of ether oxygens (including phenoxy) is 1. The Labute approximate surface area is 154 Å². The van der Waals surface area contributed by atoms with Gasteiger partial charge in [0, 0.05) is 51.6 Å². The Morgan fingerprint density at radius 2 is 2.17 bits per heavy atom. The molecule has 0 aromatic heterocycles. The van der Waals surface area contributed by atoms with Crippen LogP contribution in [0.4, 0.5) is 17.1 Å². The van der Waals surface area contributed by atoms with Crippen molar-refractivity contribution in [3.8, 4) is 11.5 Å². The molecular formula is C16H15IN4O2S. The predicted molar refractivity (Wildman–Crippen MR) is 106 cm³/mol. The van der Waals surface area contributed by atoms with Gasteiger partial charge >= 0.3 is 0 Å². The number of para-hydroxylation sites is 1. The number of hydrogen-bond donors (Lipinski definition) is 2. The van der Waals surface area contributed by atoms with E-state index in [-0.39, 0.29) is 5.75 Å². The zero-order chi connectivity index (χ0) is 16.5. The van der Waals surface area contributed by atoms with Crippen LogP contribution in [0.15, 0.2) is 51.5 Å². The zero-order valence-electron chi connectivity index (χ0n) is 12.9. The molecule has 2 N–H and O–H groups in total. The molecule has 124 valence electrons. The van der Waals surface area contributed by atoms with Gasteiger partial charge in [-0.1, -0.05) is 23.9 Å². The number of aromatic hydroxyl groups is 1. The highest BCUT2D eigenvalue weighted by Gasteiger charge is 2.17. The fraction of sp³-hybridized carbons (Fsp3) is 0.188. The first kappa shape index (κ1) is 15.7. The minimum absolute atomic E-state index is 0.101. The summed E-state index contributed by atoms with van der Waals surface area (Å²) in [5, 5.41) is 22.0. The van der Waals surface area contributed by atoms with Gasteiger partial charge in [-0.05, 0) is 12.1 Å². The van der Waals surface area contributed by atoms with Crippen LogP contribution in [-0.2, 0) is 0 Å². The highest BCUT2D eigenvalue weighted by molar-refractivity contribution is 14.2. The van der Waals surface area contributed by atoms with Crippen LogP contribution in [0.3, 0.4) is 0 Å². The van der Waals surface area contributed by atoms with Crippen molar-refractivity contribution in [1.82, 2.24) is 0 Å². The normalized spacial score (nSPS) is 16.4. The average molecular weight is 454 g/mol. The van der Waals surface area contributed by atoms with E-state index in [9.17, 15) is 5.11 Å². The van der Waals surface area contributed by atoms with Crippen LogP contribution in [0.5, 0.6) is 11.5 Å². The first-order chi connectivity index (χ1) is 11.7. The molecule has 0 unspecified atom stereocenters. The number of benzene rings is 2. The van der Waals surface area contributed by atoms with Crippen LogP contribution in [-0.4, -0.2) is 28.3 Å². The van der Waals surface area contributed by atoms with E-state index in [0.29, 0.717) is 18.0 Å². The first-order valence-corrected chi connectivity index (χ1v) is 10.2. The molecule has 0 spiro atoms. The van der Waals surface area contributed by atoms with E-state index in [1.165, 1.54) is 10.6 Å². The topological polar surface area (TPSA) is 69.5 Å². The number of phenolic OH excluding ortho intramolecular Hbond substituents is 1. The molecule has 0 fully saturated rings. The van der Waals surface area contributed by atoms with E-state index in [0.717, 1.165) is 15.2 Å². The van der Waals surface area contributed by atoms with Gasteiger partial charge in [-0.25, -0.2) is 0 Å². The molecule has 0 radical (unpaired) electrons. The lowest BCUT2D eigenvalue weighted by Crippen LogP contribution is -2.17. The highest BCUT2D eigenvalue weighted by Crippen LogP contribution is 2.42. The second-order valence-corrected chi connectivity index (χ2v) is 9.91. The molecule has 6 nitrogen and oxygen atoms in total. The summed E-state index contributed by atoms with van der Waals surface area (Å²) in [5.41, 5.74) is 2.46. The smallest absolute Gasteiger partial charge is 0.172 e. The number of rotatable bonds is 2. The van der Waals surface area contributed by atoms with E-state index in [1.807, 2.05) is 12.1 Å². The Balaban J connectivity index is 1.60. The fourth-order valence-electron chi connectivity index (χ4n) is 2.43. The van der Waals surface area contributed by atoms with E-state index in [1.54, 1.807) is 23.9 Å². The third kappa shape index (κ3) is 3.07. The van der Waals surface area contributed by atoms with Crippen LogP contribution in [0.2, 0.25) is 0 Å². The summed E-state index contributed by atoms with van der Waals surface area (Å²) in [5.74, 6) is 0.801. The Bertz CT molecular complexity index is 856. The molecule has 2 aliphatic rings. The summed E-state index contributed by atoms with van der Waals surface area (Å²) < 4.78 is 8.83. The second kappa shape index (κ2) is 6.60. The van der Waals surface area contributed by atoms with Crippen LogP contribution < -0.4 is 13.2 Å². The van der Waals surface area contributed by atoms with Crippen molar-refractivity contribution in [3.63, 3.8) is 0 Å². The van der Waals surface area contributed by atoms with Crippen molar-refractivity contribution >= 4 is 52.8 Å². The summed E-state index contributed by atoms with van der Waals surface area (Å²) in [6.07, 6.45) is 0. The summed E-state index contributed by atoms with van der Waals surface area (Å²) >= 11 is 1.26. The Morgan fingerprint density at radius 1 is 1.29 bits per heavy atom. The molecule has 0 atom stereocenters. The number of hydrogen-bond acceptors (Lipinski definition) is 7. The van der Waals surface area contributed by atoms with Crippen molar-refractivity contribution < 1.29 is 9.84 Å². The second-order valence-electron chi connectivity index (χ2n) is 5.20. The van der Waals surface area contributed by atoms with Crippen LogP contribution in [0.25, 0.3) is 0 Å². The van der Waals surface area contributed by atoms with Gasteiger partial charge in [-0.15, -0.1) is 10.2 Å². The Hall–Kier alpha value is -1.81. The maximum atomic E-state index is 10.1. The molecule has 0 saturated heterocycles. The Morgan fingerprint density at radius 3 is 3.08 bits per heavy atom. The maximum Gasteiger partial charge on any atom is 0.172 e. The van der Waals surface area contributed by atoms with Crippen LogP contribution in [0.1, 0.15) is 0 Å². The van der Waals surface area contributed by atoms with Gasteiger partial charge in [0.05, 0.1) is 11.4 Å². The number of phenols is 1. The number of nitrogens with zero attached hydrogens (tertiary/aromatic N) is 3. The van der Waals surface area contributed by atoms with Gasteiger partial charge in [-0.3, -0.25) is 0 Å². The number of azo groups is 1. The molecular weight excluding hydrogens is 439 g/mol. The standard InChI is InChI=1S/C16H15IN4O2S/c1-21-12-4-2-3-5-15(12)24-16(17-21)20-19-10-9-14-11(8-13(10)22)18-6-7-23-14/h2-5,8-9,18,22H,6-7H2,1H3. The Kier molecular flexibility index (Phi) is 4.31. The molecule has 8 heteroatoms. The van der Waals surface area contributed by atoms with E-state index < -0.39 is 21.0 Å². The number of anilines is 2. The molecule has 2 aliphatic heterocycles. The quantitative estimate of drug-likeness (QED) is 0.398. The minimum atomic E-state index is -0.394. The molecule has 2 heterocycles. The van der Waals surface area contributed by atoms with E-state index >= 15 is 0 Å². The van der Waals surface area contributed by atoms with Gasteiger partial charge in [0.25, 0.3) is 0 Å². The van der Waals surface area contributed by atoms with Gasteiger partial charge < -0.3 is 18.3 Å².